The molecular formula is C21H24BrN5O4S. The molecule has 3 rings (SSSR count). The maximum atomic E-state index is 12.7. The number of carbonyl (C=O) groups is 2. The smallest absolute Gasteiger partial charge is 0.331 e. The van der Waals surface area contributed by atoms with Gasteiger partial charge in [-0.3, -0.25) is 23.5 Å². The van der Waals surface area contributed by atoms with Crippen molar-refractivity contribution in [3.05, 3.63) is 54.0 Å². The monoisotopic (exact) mass is 521 g/mol. The Morgan fingerprint density at radius 2 is 1.91 bits per heavy atom. The largest absolute Gasteiger partial charge is 0.351 e. The van der Waals surface area contributed by atoms with Gasteiger partial charge in [0.05, 0.1) is 17.1 Å². The third-order valence-electron chi connectivity index (χ3n) is 4.99. The molecule has 0 aliphatic carbocycles. The maximum Gasteiger partial charge on any atom is 0.331 e. The molecule has 0 radical (unpaired) electrons. The number of aryl methyl sites for hydroxylation is 1. The minimum atomic E-state index is -0.376. The summed E-state index contributed by atoms with van der Waals surface area (Å²) in [6.07, 6.45) is 1.68. The second kappa shape index (κ2) is 10.2. The molecule has 2 aromatic heterocycles. The van der Waals surface area contributed by atoms with Crippen molar-refractivity contribution in [1.82, 2.24) is 19.4 Å². The van der Waals surface area contributed by atoms with Crippen LogP contribution in [0.3, 0.4) is 0 Å². The second-order valence-electron chi connectivity index (χ2n) is 7.35. The molecule has 1 atom stereocenters. The topological polar surface area (TPSA) is 115 Å². The van der Waals surface area contributed by atoms with Crippen LogP contribution in [-0.4, -0.2) is 32.5 Å². The molecule has 11 heteroatoms. The number of rotatable bonds is 8. The van der Waals surface area contributed by atoms with Crippen molar-refractivity contribution >= 4 is 55.7 Å². The fourth-order valence-corrected chi connectivity index (χ4v) is 4.58. The van der Waals surface area contributed by atoms with E-state index in [9.17, 15) is 19.2 Å². The summed E-state index contributed by atoms with van der Waals surface area (Å²) in [6, 6.07) is 4.95. The van der Waals surface area contributed by atoms with Crippen molar-refractivity contribution in [2.45, 2.75) is 40.3 Å². The van der Waals surface area contributed by atoms with Gasteiger partial charge in [0.2, 0.25) is 5.91 Å². The van der Waals surface area contributed by atoms with E-state index in [1.54, 1.807) is 25.1 Å². The molecule has 0 aliphatic heterocycles. The van der Waals surface area contributed by atoms with Gasteiger partial charge in [0, 0.05) is 31.7 Å². The molecule has 3 aromatic rings. The highest BCUT2D eigenvalue weighted by Crippen LogP contribution is 2.19. The molecule has 9 nitrogen and oxygen atoms in total. The van der Waals surface area contributed by atoms with Crippen LogP contribution in [0.1, 0.15) is 36.9 Å². The van der Waals surface area contributed by atoms with E-state index in [1.807, 2.05) is 13.8 Å². The molecule has 0 aliphatic rings. The summed E-state index contributed by atoms with van der Waals surface area (Å²) in [4.78, 5) is 54.3. The minimum Gasteiger partial charge on any atom is -0.351 e. The minimum absolute atomic E-state index is 0.0987. The van der Waals surface area contributed by atoms with E-state index in [2.05, 4.69) is 31.5 Å². The number of carbonyl (C=O) groups excluding carboxylic acids is 2. The fourth-order valence-electron chi connectivity index (χ4n) is 3.40. The van der Waals surface area contributed by atoms with Crippen LogP contribution in [0.4, 0.5) is 5.69 Å². The number of benzene rings is 1. The molecule has 1 aromatic carbocycles. The van der Waals surface area contributed by atoms with Crippen LogP contribution in [0.25, 0.3) is 10.9 Å². The van der Waals surface area contributed by atoms with Gasteiger partial charge in [0.25, 0.3) is 11.5 Å². The Labute approximate surface area is 196 Å². The standard InChI is InChI=1S/C21H24BrN5O4S/c1-4-26-15-7-6-13(9-14(15)19(30)27(5-2)21(26)31)25-17(28)8-12(3)10-23-18(29)16-11-24-20(22)32-16/h6-7,9,11-12H,4-5,8,10H2,1-3H3,(H,23,29)(H,25,28). The molecule has 0 saturated heterocycles. The molecule has 1 unspecified atom stereocenters. The summed E-state index contributed by atoms with van der Waals surface area (Å²) in [5, 5.41) is 5.98. The molecule has 2 amide bonds. The molecule has 170 valence electrons. The molecule has 2 heterocycles. The van der Waals surface area contributed by atoms with Gasteiger partial charge in [-0.15, -0.1) is 11.3 Å². The lowest BCUT2D eigenvalue weighted by Crippen LogP contribution is -2.39. The van der Waals surface area contributed by atoms with Gasteiger partial charge in [-0.25, -0.2) is 9.78 Å². The normalized spacial score (nSPS) is 12.0. The first-order chi connectivity index (χ1) is 15.2. The van der Waals surface area contributed by atoms with Crippen molar-refractivity contribution in [3.8, 4) is 0 Å². The second-order valence-corrected chi connectivity index (χ2v) is 9.66. The summed E-state index contributed by atoms with van der Waals surface area (Å²) in [5.74, 6) is -0.561. The molecule has 2 N–H and O–H groups in total. The molecule has 0 fully saturated rings. The summed E-state index contributed by atoms with van der Waals surface area (Å²) in [6.45, 7) is 6.49. The Bertz CT molecular complexity index is 1280. The Morgan fingerprint density at radius 1 is 1.19 bits per heavy atom. The van der Waals surface area contributed by atoms with Crippen molar-refractivity contribution < 1.29 is 9.59 Å². The van der Waals surface area contributed by atoms with Crippen molar-refractivity contribution in [2.24, 2.45) is 5.92 Å². The highest BCUT2D eigenvalue weighted by Gasteiger charge is 2.15. The van der Waals surface area contributed by atoms with Crippen molar-refractivity contribution in [1.29, 1.82) is 0 Å². The number of nitrogens with one attached hydrogen (secondary N) is 2. The van der Waals surface area contributed by atoms with Gasteiger partial charge < -0.3 is 10.6 Å². The Morgan fingerprint density at radius 3 is 2.53 bits per heavy atom. The van der Waals surface area contributed by atoms with Crippen LogP contribution in [0.2, 0.25) is 0 Å². The maximum absolute atomic E-state index is 12.7. The van der Waals surface area contributed by atoms with Gasteiger partial charge in [-0.05, 0) is 53.9 Å². The first-order valence-electron chi connectivity index (χ1n) is 10.2. The summed E-state index contributed by atoms with van der Waals surface area (Å²) >= 11 is 4.46. The van der Waals surface area contributed by atoms with Crippen LogP contribution in [-0.2, 0) is 17.9 Å². The SMILES string of the molecule is CCn1c(=O)c2cc(NC(=O)CC(C)CNC(=O)c3cnc(Br)s3)ccc2n(CC)c1=O. The molecule has 0 spiro atoms. The lowest BCUT2D eigenvalue weighted by atomic mass is 10.1. The zero-order valence-electron chi connectivity index (χ0n) is 18.0. The van der Waals surface area contributed by atoms with Crippen molar-refractivity contribution in [3.63, 3.8) is 0 Å². The predicted octanol–water partition coefficient (Wildman–Crippen LogP) is 2.82. The first kappa shape index (κ1) is 23.9. The average molecular weight is 522 g/mol. The van der Waals surface area contributed by atoms with E-state index < -0.39 is 0 Å². The number of hydrogen-bond acceptors (Lipinski definition) is 6. The predicted molar refractivity (Wildman–Crippen MR) is 128 cm³/mol. The first-order valence-corrected chi connectivity index (χ1v) is 11.8. The Balaban J connectivity index is 1.68. The number of nitrogens with zero attached hydrogens (tertiary/aromatic N) is 3. The number of thiazole rings is 1. The molecule has 0 saturated carbocycles. The van der Waals surface area contributed by atoms with E-state index in [0.717, 1.165) is 0 Å². The van der Waals surface area contributed by atoms with E-state index in [4.69, 9.17) is 0 Å². The molecule has 32 heavy (non-hydrogen) atoms. The number of hydrogen-bond donors (Lipinski definition) is 2. The lowest BCUT2D eigenvalue weighted by molar-refractivity contribution is -0.116. The van der Waals surface area contributed by atoms with Crippen molar-refractivity contribution in [2.75, 3.05) is 11.9 Å². The van der Waals surface area contributed by atoms with E-state index >= 15 is 0 Å². The highest BCUT2D eigenvalue weighted by atomic mass is 79.9. The zero-order chi connectivity index (χ0) is 23.4. The van der Waals surface area contributed by atoms with Gasteiger partial charge in [0.15, 0.2) is 3.92 Å². The highest BCUT2D eigenvalue weighted by molar-refractivity contribution is 9.11. The Kier molecular flexibility index (Phi) is 7.62. The third-order valence-corrected chi connectivity index (χ3v) is 6.46. The number of amides is 2. The third kappa shape index (κ3) is 5.16. The number of anilines is 1. The Hall–Kier alpha value is -2.79. The van der Waals surface area contributed by atoms with Gasteiger partial charge in [-0.1, -0.05) is 6.92 Å². The number of halogens is 1. The summed E-state index contributed by atoms with van der Waals surface area (Å²) in [5.41, 5.74) is 0.301. The van der Waals surface area contributed by atoms with E-state index in [-0.39, 0.29) is 41.9 Å². The van der Waals surface area contributed by atoms with Crippen LogP contribution in [0.5, 0.6) is 0 Å². The van der Waals surface area contributed by atoms with Gasteiger partial charge in [0.1, 0.15) is 4.88 Å². The van der Waals surface area contributed by atoms with Crippen LogP contribution in [0.15, 0.2) is 37.9 Å². The van der Waals surface area contributed by atoms with E-state index in [1.165, 1.54) is 26.7 Å². The fraction of sp³-hybridized carbons (Fsp3) is 0.381. The summed E-state index contributed by atoms with van der Waals surface area (Å²) < 4.78 is 3.36. The average Bonchev–Trinajstić information content (AvgIpc) is 3.19. The molecule has 0 bridgehead atoms. The number of aromatic nitrogens is 3. The lowest BCUT2D eigenvalue weighted by Gasteiger charge is -2.14. The number of fused-ring (bicyclic) bond motifs is 1. The van der Waals surface area contributed by atoms with Crippen LogP contribution >= 0.6 is 27.3 Å². The zero-order valence-corrected chi connectivity index (χ0v) is 20.4. The van der Waals surface area contributed by atoms with Crippen LogP contribution < -0.4 is 21.9 Å². The quantitative estimate of drug-likeness (QED) is 0.472. The van der Waals surface area contributed by atoms with E-state index in [0.29, 0.717) is 38.5 Å². The van der Waals surface area contributed by atoms with Gasteiger partial charge >= 0.3 is 5.69 Å². The van der Waals surface area contributed by atoms with Gasteiger partial charge in [-0.2, -0.15) is 0 Å². The van der Waals surface area contributed by atoms with Crippen LogP contribution in [0, 0.1) is 5.92 Å². The summed E-state index contributed by atoms with van der Waals surface area (Å²) in [7, 11) is 0. The molecular weight excluding hydrogens is 498 g/mol.